The number of carbonyl (C=O) groups is 2. The maximum absolute atomic E-state index is 12.6. The second-order valence-electron chi connectivity index (χ2n) is 8.15. The standard InChI is InChI=1S/C14H22N4O8S2/c1-27(21,22)16-7-14(8-16)4-9(5-14)15-12(19)11-3-2-10-6-17(11)13(20)18(10)26-28(23,24)25/h9-11H,2-8H2,1H3,(H,15,19)(H,23,24,25)/t10-,11+/m1/s1. The second-order valence-corrected chi connectivity index (χ2v) is 11.1. The van der Waals surface area contributed by atoms with Gasteiger partial charge in [0.15, 0.2) is 0 Å². The summed E-state index contributed by atoms with van der Waals surface area (Å²) in [5, 5.41) is 3.51. The summed E-state index contributed by atoms with van der Waals surface area (Å²) in [7, 11) is -8.00. The van der Waals surface area contributed by atoms with Crippen LogP contribution in [0.15, 0.2) is 0 Å². The molecule has 158 valence electrons. The maximum atomic E-state index is 12.6. The van der Waals surface area contributed by atoms with Crippen molar-refractivity contribution in [2.75, 3.05) is 25.9 Å². The molecule has 4 fully saturated rings. The summed E-state index contributed by atoms with van der Waals surface area (Å²) in [5.41, 5.74) is -0.0672. The zero-order chi connectivity index (χ0) is 20.5. The van der Waals surface area contributed by atoms with E-state index >= 15 is 0 Å². The van der Waals surface area contributed by atoms with E-state index in [1.165, 1.54) is 15.5 Å². The Morgan fingerprint density at radius 2 is 1.86 bits per heavy atom. The molecule has 4 rings (SSSR count). The van der Waals surface area contributed by atoms with E-state index in [0.717, 1.165) is 0 Å². The number of nitrogens with one attached hydrogen (secondary N) is 1. The summed E-state index contributed by atoms with van der Waals surface area (Å²) >= 11 is 0. The summed E-state index contributed by atoms with van der Waals surface area (Å²) in [4.78, 5) is 26.2. The first-order valence-electron chi connectivity index (χ1n) is 8.89. The average Bonchev–Trinajstić information content (AvgIpc) is 2.70. The second kappa shape index (κ2) is 6.26. The Balaban J connectivity index is 1.31. The van der Waals surface area contributed by atoms with Crippen molar-refractivity contribution in [1.29, 1.82) is 0 Å². The average molecular weight is 438 g/mol. The van der Waals surface area contributed by atoms with Gasteiger partial charge in [-0.1, -0.05) is 0 Å². The van der Waals surface area contributed by atoms with Gasteiger partial charge in [0.2, 0.25) is 15.9 Å². The number of hydrogen-bond acceptors (Lipinski definition) is 7. The van der Waals surface area contributed by atoms with Gasteiger partial charge in [0.25, 0.3) is 0 Å². The number of hydroxylamine groups is 2. The van der Waals surface area contributed by atoms with E-state index in [-0.39, 0.29) is 23.9 Å². The largest absolute Gasteiger partial charge is 0.418 e. The topological polar surface area (TPSA) is 154 Å². The lowest BCUT2D eigenvalue weighted by molar-refractivity contribution is -0.130. The molecule has 2 bridgehead atoms. The Kier molecular flexibility index (Phi) is 4.43. The number of rotatable bonds is 5. The number of piperidine rings is 1. The molecule has 3 heterocycles. The Hall–Kier alpha value is -1.48. The minimum atomic E-state index is -4.82. The summed E-state index contributed by atoms with van der Waals surface area (Å²) < 4.78 is 59.3. The number of carbonyl (C=O) groups excluding carboxylic acids is 2. The fourth-order valence-corrected chi connectivity index (χ4v) is 6.09. The summed E-state index contributed by atoms with van der Waals surface area (Å²) in [6.07, 6.45) is 3.27. The van der Waals surface area contributed by atoms with E-state index in [0.29, 0.717) is 43.8 Å². The highest BCUT2D eigenvalue weighted by molar-refractivity contribution is 7.88. The Bertz CT molecular complexity index is 906. The van der Waals surface area contributed by atoms with Gasteiger partial charge >= 0.3 is 16.4 Å². The fourth-order valence-electron chi connectivity index (χ4n) is 4.68. The zero-order valence-electron chi connectivity index (χ0n) is 15.1. The molecule has 12 nitrogen and oxygen atoms in total. The van der Waals surface area contributed by atoms with Gasteiger partial charge in [0.1, 0.15) is 6.04 Å². The highest BCUT2D eigenvalue weighted by Crippen LogP contribution is 2.49. The van der Waals surface area contributed by atoms with Gasteiger partial charge in [-0.3, -0.25) is 9.35 Å². The van der Waals surface area contributed by atoms with E-state index in [4.69, 9.17) is 4.55 Å². The van der Waals surface area contributed by atoms with Crippen molar-refractivity contribution in [3.8, 4) is 0 Å². The lowest BCUT2D eigenvalue weighted by Crippen LogP contribution is -2.68. The molecule has 14 heteroatoms. The van der Waals surface area contributed by atoms with Crippen molar-refractivity contribution in [3.63, 3.8) is 0 Å². The van der Waals surface area contributed by atoms with Crippen LogP contribution in [0.2, 0.25) is 0 Å². The molecular formula is C14H22N4O8S2. The molecule has 1 spiro atoms. The van der Waals surface area contributed by atoms with Gasteiger partial charge in [0, 0.05) is 31.1 Å². The third-order valence-corrected chi connectivity index (χ3v) is 7.54. The SMILES string of the molecule is CS(=O)(=O)N1CC2(CC(NC(=O)[C@@H]3CC[C@@H]4CN3C(=O)N4OS(=O)(=O)O)C2)C1. The fraction of sp³-hybridized carbons (Fsp3) is 0.857. The van der Waals surface area contributed by atoms with Crippen LogP contribution in [0.3, 0.4) is 0 Å². The van der Waals surface area contributed by atoms with Gasteiger partial charge in [-0.25, -0.2) is 17.5 Å². The van der Waals surface area contributed by atoms with Crippen molar-refractivity contribution in [3.05, 3.63) is 0 Å². The molecule has 2 N–H and O–H groups in total. The molecule has 4 aliphatic rings. The molecular weight excluding hydrogens is 416 g/mol. The minimum absolute atomic E-state index is 0.0672. The normalized spacial score (nSPS) is 30.3. The van der Waals surface area contributed by atoms with Gasteiger partial charge < -0.3 is 10.2 Å². The number of hydrogen-bond donors (Lipinski definition) is 2. The summed E-state index contributed by atoms with van der Waals surface area (Å²) in [5.74, 6) is -0.320. The number of amides is 3. The van der Waals surface area contributed by atoms with Crippen LogP contribution in [-0.2, 0) is 29.5 Å². The van der Waals surface area contributed by atoms with Crippen LogP contribution < -0.4 is 5.32 Å². The van der Waals surface area contributed by atoms with Crippen molar-refractivity contribution < 1.29 is 35.3 Å². The zero-order valence-corrected chi connectivity index (χ0v) is 16.8. The Morgan fingerprint density at radius 3 is 2.43 bits per heavy atom. The number of nitrogens with zero attached hydrogens (tertiary/aromatic N) is 3. The monoisotopic (exact) mass is 438 g/mol. The first-order valence-corrected chi connectivity index (χ1v) is 12.1. The molecule has 0 aromatic carbocycles. The molecule has 0 radical (unpaired) electrons. The quantitative estimate of drug-likeness (QED) is 0.493. The third kappa shape index (κ3) is 3.47. The Labute approximate surface area is 162 Å². The van der Waals surface area contributed by atoms with Crippen LogP contribution in [0.4, 0.5) is 4.79 Å². The van der Waals surface area contributed by atoms with Crippen LogP contribution in [0.1, 0.15) is 25.7 Å². The molecule has 1 aliphatic carbocycles. The number of urea groups is 1. The van der Waals surface area contributed by atoms with Crippen LogP contribution in [0, 0.1) is 5.41 Å². The van der Waals surface area contributed by atoms with E-state index in [2.05, 4.69) is 9.60 Å². The van der Waals surface area contributed by atoms with E-state index in [9.17, 15) is 26.4 Å². The molecule has 0 aromatic heterocycles. The van der Waals surface area contributed by atoms with Crippen molar-refractivity contribution in [2.24, 2.45) is 5.41 Å². The van der Waals surface area contributed by atoms with Crippen LogP contribution >= 0.6 is 0 Å². The smallest absolute Gasteiger partial charge is 0.352 e. The van der Waals surface area contributed by atoms with Gasteiger partial charge in [-0.15, -0.1) is 4.28 Å². The van der Waals surface area contributed by atoms with E-state index < -0.39 is 38.5 Å². The third-order valence-electron chi connectivity index (χ3n) is 6.00. The minimum Gasteiger partial charge on any atom is -0.352 e. The highest BCUT2D eigenvalue weighted by atomic mass is 32.3. The van der Waals surface area contributed by atoms with E-state index in [1.54, 1.807) is 0 Å². The first kappa shape index (κ1) is 19.8. The lowest BCUT2D eigenvalue weighted by Gasteiger charge is -2.58. The molecule has 3 amide bonds. The molecule has 3 aliphatic heterocycles. The number of sulfonamides is 1. The summed E-state index contributed by atoms with van der Waals surface area (Å²) in [6.45, 7) is 1.08. The van der Waals surface area contributed by atoms with Crippen LogP contribution in [0.5, 0.6) is 0 Å². The van der Waals surface area contributed by atoms with Crippen LogP contribution in [0.25, 0.3) is 0 Å². The Morgan fingerprint density at radius 1 is 1.21 bits per heavy atom. The molecule has 0 unspecified atom stereocenters. The van der Waals surface area contributed by atoms with Crippen LogP contribution in [-0.4, -0.2) is 91.6 Å². The molecule has 1 saturated carbocycles. The van der Waals surface area contributed by atoms with Crippen molar-refractivity contribution in [1.82, 2.24) is 19.6 Å². The first-order chi connectivity index (χ1) is 12.9. The predicted octanol–water partition coefficient (Wildman–Crippen LogP) is -1.47. The number of fused-ring (bicyclic) bond motifs is 2. The van der Waals surface area contributed by atoms with Crippen molar-refractivity contribution in [2.45, 2.75) is 43.8 Å². The molecule has 0 aromatic rings. The highest BCUT2D eigenvalue weighted by Gasteiger charge is 2.56. The molecule has 3 saturated heterocycles. The van der Waals surface area contributed by atoms with Gasteiger partial charge in [-0.2, -0.15) is 13.5 Å². The summed E-state index contributed by atoms with van der Waals surface area (Å²) in [6, 6.07) is -2.12. The van der Waals surface area contributed by atoms with Gasteiger partial charge in [-0.05, 0) is 25.7 Å². The lowest BCUT2D eigenvalue weighted by atomic mass is 9.61. The van der Waals surface area contributed by atoms with Crippen molar-refractivity contribution >= 4 is 32.4 Å². The predicted molar refractivity (Wildman–Crippen MR) is 93.4 cm³/mol. The maximum Gasteiger partial charge on any atom is 0.418 e. The molecule has 28 heavy (non-hydrogen) atoms. The van der Waals surface area contributed by atoms with E-state index in [1.807, 2.05) is 0 Å². The molecule has 2 atom stereocenters. The van der Waals surface area contributed by atoms with Gasteiger partial charge in [0.05, 0.1) is 12.3 Å².